The van der Waals surface area contributed by atoms with Gasteiger partial charge in [-0.05, 0) is 55.2 Å². The molecule has 28 heavy (non-hydrogen) atoms. The monoisotopic (exact) mass is 419 g/mol. The van der Waals surface area contributed by atoms with Crippen molar-refractivity contribution in [3.8, 4) is 5.75 Å². The van der Waals surface area contributed by atoms with E-state index in [9.17, 15) is 13.2 Å². The van der Waals surface area contributed by atoms with E-state index in [4.69, 9.17) is 16.3 Å². The summed E-state index contributed by atoms with van der Waals surface area (Å²) in [6.07, 6.45) is 2.45. The molecule has 0 radical (unpaired) electrons. The van der Waals surface area contributed by atoms with E-state index in [1.807, 2.05) is 37.3 Å². The first-order chi connectivity index (χ1) is 13.3. The van der Waals surface area contributed by atoms with E-state index >= 15 is 0 Å². The van der Waals surface area contributed by atoms with Gasteiger partial charge in [-0.2, -0.15) is 4.31 Å². The number of esters is 1. The normalized spacial score (nSPS) is 16.4. The number of nitrogens with zero attached hydrogens (tertiary/aromatic N) is 1. The number of hydrogen-bond acceptors (Lipinski definition) is 4. The van der Waals surface area contributed by atoms with Gasteiger partial charge >= 0.3 is 5.97 Å². The highest BCUT2D eigenvalue weighted by Gasteiger charge is 2.31. The molecule has 7 heteroatoms. The predicted molar refractivity (Wildman–Crippen MR) is 111 cm³/mol. The van der Waals surface area contributed by atoms with Crippen molar-refractivity contribution in [2.45, 2.75) is 19.8 Å². The van der Waals surface area contributed by atoms with E-state index in [1.165, 1.54) is 9.71 Å². The topological polar surface area (TPSA) is 63.7 Å². The number of carbonyl (C=O) groups is 1. The Bertz CT molecular complexity index is 965. The maximum Gasteiger partial charge on any atom is 0.314 e. The lowest BCUT2D eigenvalue weighted by Crippen LogP contribution is -2.40. The van der Waals surface area contributed by atoms with E-state index in [0.717, 1.165) is 11.1 Å². The van der Waals surface area contributed by atoms with Gasteiger partial charge in [-0.3, -0.25) is 4.79 Å². The Balaban J connectivity index is 1.57. The average molecular weight is 420 g/mol. The number of rotatable bonds is 5. The van der Waals surface area contributed by atoms with Crippen LogP contribution in [0.1, 0.15) is 24.0 Å². The average Bonchev–Trinajstić information content (AvgIpc) is 2.69. The number of carbonyl (C=O) groups excluding carboxylic acids is 1. The Morgan fingerprint density at radius 1 is 1.14 bits per heavy atom. The Kier molecular flexibility index (Phi) is 6.54. The molecule has 2 aromatic rings. The first-order valence-corrected chi connectivity index (χ1v) is 10.9. The van der Waals surface area contributed by atoms with Crippen LogP contribution in [0.15, 0.2) is 53.9 Å². The molecule has 148 valence electrons. The zero-order valence-electron chi connectivity index (χ0n) is 15.5. The van der Waals surface area contributed by atoms with E-state index < -0.39 is 10.0 Å². The lowest BCUT2D eigenvalue weighted by molar-refractivity contribution is -0.140. The minimum absolute atomic E-state index is 0.292. The number of halogens is 1. The molecule has 0 N–H and O–H groups in total. The van der Waals surface area contributed by atoms with Crippen molar-refractivity contribution in [1.82, 2.24) is 4.31 Å². The molecule has 0 spiro atoms. The second-order valence-electron chi connectivity index (χ2n) is 6.76. The highest BCUT2D eigenvalue weighted by Crippen LogP contribution is 2.26. The third-order valence-corrected chi connectivity index (χ3v) is 6.53. The van der Waals surface area contributed by atoms with E-state index in [0.29, 0.717) is 36.7 Å². The van der Waals surface area contributed by atoms with Crippen LogP contribution in [0, 0.1) is 12.8 Å². The maximum atomic E-state index is 12.5. The number of piperidine rings is 1. The van der Waals surface area contributed by atoms with Gasteiger partial charge in [0.1, 0.15) is 5.75 Å². The van der Waals surface area contributed by atoms with Crippen molar-refractivity contribution < 1.29 is 17.9 Å². The first-order valence-electron chi connectivity index (χ1n) is 9.06. The fourth-order valence-electron chi connectivity index (χ4n) is 3.08. The third-order valence-electron chi connectivity index (χ3n) is 4.73. The molecule has 5 nitrogen and oxygen atoms in total. The van der Waals surface area contributed by atoms with Crippen LogP contribution < -0.4 is 4.74 Å². The van der Waals surface area contributed by atoms with Crippen LogP contribution in [-0.2, 0) is 14.8 Å². The van der Waals surface area contributed by atoms with Crippen molar-refractivity contribution in [2.24, 2.45) is 5.92 Å². The zero-order chi connectivity index (χ0) is 20.1. The molecule has 2 aromatic carbocycles. The van der Waals surface area contributed by atoms with Crippen molar-refractivity contribution in [3.63, 3.8) is 0 Å². The summed E-state index contributed by atoms with van der Waals surface area (Å²) in [4.78, 5) is 12.4. The zero-order valence-corrected chi connectivity index (χ0v) is 17.1. The second-order valence-corrected chi connectivity index (χ2v) is 9.02. The highest BCUT2D eigenvalue weighted by molar-refractivity contribution is 7.92. The van der Waals surface area contributed by atoms with Gasteiger partial charge in [0.2, 0.25) is 10.0 Å². The van der Waals surface area contributed by atoms with Crippen molar-refractivity contribution in [2.75, 3.05) is 13.1 Å². The van der Waals surface area contributed by atoms with Gasteiger partial charge in [0, 0.05) is 23.5 Å². The van der Waals surface area contributed by atoms with Crippen LogP contribution in [0.5, 0.6) is 5.75 Å². The summed E-state index contributed by atoms with van der Waals surface area (Å²) in [5.41, 5.74) is 1.61. The molecule has 0 aromatic heterocycles. The molecule has 0 amide bonds. The van der Waals surface area contributed by atoms with Crippen molar-refractivity contribution in [1.29, 1.82) is 0 Å². The lowest BCUT2D eigenvalue weighted by Gasteiger charge is -2.29. The van der Waals surface area contributed by atoms with Crippen molar-refractivity contribution >= 4 is 33.7 Å². The molecule has 1 heterocycles. The van der Waals surface area contributed by atoms with Gasteiger partial charge in [0.15, 0.2) is 0 Å². The minimum atomic E-state index is -3.52. The van der Waals surface area contributed by atoms with Crippen LogP contribution in [-0.4, -0.2) is 31.8 Å². The predicted octanol–water partition coefficient (Wildman–Crippen LogP) is 4.27. The van der Waals surface area contributed by atoms with Gasteiger partial charge in [-0.1, -0.05) is 41.9 Å². The fraction of sp³-hybridized carbons (Fsp3) is 0.286. The molecular formula is C21H22ClNO4S. The van der Waals surface area contributed by atoms with Gasteiger partial charge in [0.05, 0.1) is 5.92 Å². The number of benzene rings is 2. The van der Waals surface area contributed by atoms with E-state index in [1.54, 1.807) is 24.3 Å². The van der Waals surface area contributed by atoms with Gasteiger partial charge in [0.25, 0.3) is 0 Å². The number of sulfonamides is 1. The molecule has 1 saturated heterocycles. The van der Waals surface area contributed by atoms with E-state index in [2.05, 4.69) is 0 Å². The third kappa shape index (κ3) is 5.22. The molecule has 0 unspecified atom stereocenters. The summed E-state index contributed by atoms with van der Waals surface area (Å²) < 4.78 is 31.9. The Labute approximate surface area is 170 Å². The smallest absolute Gasteiger partial charge is 0.314 e. The standard InChI is InChI=1S/C21H22ClNO4S/c1-16-15-19(22)7-8-20(16)27-21(24)18-9-12-23(13-10-18)28(25,26)14-11-17-5-3-2-4-6-17/h2-8,11,14-15,18H,9-10,12-13H2,1H3/b14-11-. The molecule has 0 bridgehead atoms. The fourth-order valence-corrected chi connectivity index (χ4v) is 4.53. The largest absolute Gasteiger partial charge is 0.426 e. The molecular weight excluding hydrogens is 398 g/mol. The molecule has 0 saturated carbocycles. The van der Waals surface area contributed by atoms with Gasteiger partial charge in [-0.15, -0.1) is 0 Å². The lowest BCUT2D eigenvalue weighted by atomic mass is 9.98. The van der Waals surface area contributed by atoms with Crippen LogP contribution >= 0.6 is 11.6 Å². The molecule has 0 aliphatic carbocycles. The van der Waals surface area contributed by atoms with Crippen molar-refractivity contribution in [3.05, 3.63) is 70.1 Å². The van der Waals surface area contributed by atoms with E-state index in [-0.39, 0.29) is 11.9 Å². The van der Waals surface area contributed by atoms with Crippen LogP contribution in [0.2, 0.25) is 5.02 Å². The Hall–Kier alpha value is -2.15. The second kappa shape index (κ2) is 8.90. The molecule has 0 atom stereocenters. The molecule has 1 aliphatic rings. The summed E-state index contributed by atoms with van der Waals surface area (Å²) in [5, 5.41) is 1.80. The summed E-state index contributed by atoms with van der Waals surface area (Å²) in [6, 6.07) is 14.3. The summed E-state index contributed by atoms with van der Waals surface area (Å²) in [5.74, 6) is -0.169. The van der Waals surface area contributed by atoms with Crippen LogP contribution in [0.25, 0.3) is 6.08 Å². The number of aryl methyl sites for hydroxylation is 1. The Morgan fingerprint density at radius 3 is 2.46 bits per heavy atom. The molecule has 3 rings (SSSR count). The summed E-state index contributed by atoms with van der Waals surface area (Å²) in [7, 11) is -3.52. The summed E-state index contributed by atoms with van der Waals surface area (Å²) >= 11 is 5.92. The van der Waals surface area contributed by atoms with Crippen LogP contribution in [0.3, 0.4) is 0 Å². The Morgan fingerprint density at radius 2 is 1.82 bits per heavy atom. The summed E-state index contributed by atoms with van der Waals surface area (Å²) in [6.45, 7) is 2.41. The maximum absolute atomic E-state index is 12.5. The quantitative estimate of drug-likeness (QED) is 0.536. The minimum Gasteiger partial charge on any atom is -0.426 e. The van der Waals surface area contributed by atoms with Crippen LogP contribution in [0.4, 0.5) is 0 Å². The van der Waals surface area contributed by atoms with Gasteiger partial charge in [-0.25, -0.2) is 8.42 Å². The SMILES string of the molecule is Cc1cc(Cl)ccc1OC(=O)C1CCN(S(=O)(=O)/C=C\c2ccccc2)CC1. The number of hydrogen-bond donors (Lipinski definition) is 0. The molecule has 1 fully saturated rings. The molecule has 1 aliphatic heterocycles. The first kappa shape index (κ1) is 20.6. The highest BCUT2D eigenvalue weighted by atomic mass is 35.5. The van der Waals surface area contributed by atoms with Gasteiger partial charge < -0.3 is 4.74 Å². The number of ether oxygens (including phenoxy) is 1.